The molecule has 0 bridgehead atoms. The van der Waals surface area contributed by atoms with E-state index < -0.39 is 0 Å². The zero-order valence-corrected chi connectivity index (χ0v) is 10.9. The van der Waals surface area contributed by atoms with Crippen molar-refractivity contribution >= 4 is 5.91 Å². The molecule has 19 heavy (non-hydrogen) atoms. The number of benzene rings is 1. The third-order valence-electron chi connectivity index (χ3n) is 3.04. The average molecular weight is 255 g/mol. The van der Waals surface area contributed by atoms with E-state index in [4.69, 9.17) is 5.73 Å². The van der Waals surface area contributed by atoms with Crippen molar-refractivity contribution in [3.63, 3.8) is 0 Å². The number of rotatable bonds is 4. The van der Waals surface area contributed by atoms with Gasteiger partial charge in [0.25, 0.3) is 5.91 Å². The van der Waals surface area contributed by atoms with Gasteiger partial charge < -0.3 is 11.1 Å². The standard InChI is InChI=1S/C15H17N3O/c1-11-6-7-17-9-14(11)10-18-15(19)13-4-2-12(8-16)3-5-13/h2-7,9H,8,10,16H2,1H3,(H,18,19). The van der Waals surface area contributed by atoms with Gasteiger partial charge in [-0.25, -0.2) is 0 Å². The monoisotopic (exact) mass is 255 g/mol. The van der Waals surface area contributed by atoms with Gasteiger partial charge in [-0.1, -0.05) is 12.1 Å². The van der Waals surface area contributed by atoms with E-state index in [1.54, 1.807) is 24.5 Å². The summed E-state index contributed by atoms with van der Waals surface area (Å²) >= 11 is 0. The molecular formula is C15H17N3O. The topological polar surface area (TPSA) is 68.0 Å². The lowest BCUT2D eigenvalue weighted by molar-refractivity contribution is 0.0951. The Kier molecular flexibility index (Phi) is 4.26. The number of amides is 1. The molecule has 1 heterocycles. The third-order valence-corrected chi connectivity index (χ3v) is 3.04. The maximum atomic E-state index is 12.0. The Labute approximate surface area is 112 Å². The quantitative estimate of drug-likeness (QED) is 0.875. The van der Waals surface area contributed by atoms with Crippen LogP contribution in [-0.4, -0.2) is 10.9 Å². The molecule has 0 radical (unpaired) electrons. The second kappa shape index (κ2) is 6.11. The smallest absolute Gasteiger partial charge is 0.251 e. The molecule has 0 aliphatic carbocycles. The van der Waals surface area contributed by atoms with E-state index in [1.165, 1.54) is 0 Å². The van der Waals surface area contributed by atoms with Crippen LogP contribution in [0.1, 0.15) is 27.0 Å². The minimum Gasteiger partial charge on any atom is -0.348 e. The summed E-state index contributed by atoms with van der Waals surface area (Å²) in [7, 11) is 0. The first-order chi connectivity index (χ1) is 9.20. The van der Waals surface area contributed by atoms with Crippen LogP contribution in [0.5, 0.6) is 0 Å². The fraction of sp³-hybridized carbons (Fsp3) is 0.200. The van der Waals surface area contributed by atoms with Crippen LogP contribution in [0, 0.1) is 6.92 Å². The average Bonchev–Trinajstić information content (AvgIpc) is 2.46. The lowest BCUT2D eigenvalue weighted by atomic mass is 10.1. The third kappa shape index (κ3) is 3.39. The van der Waals surface area contributed by atoms with Crippen molar-refractivity contribution in [1.29, 1.82) is 0 Å². The first-order valence-corrected chi connectivity index (χ1v) is 6.17. The number of nitrogens with zero attached hydrogens (tertiary/aromatic N) is 1. The van der Waals surface area contributed by atoms with Crippen LogP contribution >= 0.6 is 0 Å². The summed E-state index contributed by atoms with van der Waals surface area (Å²) < 4.78 is 0. The number of hydrogen-bond donors (Lipinski definition) is 2. The van der Waals surface area contributed by atoms with Gasteiger partial charge in [0.2, 0.25) is 0 Å². The zero-order chi connectivity index (χ0) is 13.7. The Hall–Kier alpha value is -2.20. The molecule has 3 N–H and O–H groups in total. The van der Waals surface area contributed by atoms with Crippen LogP contribution in [0.15, 0.2) is 42.7 Å². The predicted octanol–water partition coefficient (Wildman–Crippen LogP) is 1.78. The molecule has 2 aromatic rings. The van der Waals surface area contributed by atoms with E-state index >= 15 is 0 Å². The highest BCUT2D eigenvalue weighted by atomic mass is 16.1. The summed E-state index contributed by atoms with van der Waals surface area (Å²) in [5, 5.41) is 2.88. The maximum absolute atomic E-state index is 12.0. The number of aromatic nitrogens is 1. The molecule has 1 aromatic carbocycles. The largest absolute Gasteiger partial charge is 0.348 e. The highest BCUT2D eigenvalue weighted by Crippen LogP contribution is 2.06. The molecule has 0 fully saturated rings. The molecule has 4 nitrogen and oxygen atoms in total. The summed E-state index contributed by atoms with van der Waals surface area (Å²) in [6.07, 6.45) is 3.51. The molecule has 0 atom stereocenters. The maximum Gasteiger partial charge on any atom is 0.251 e. The van der Waals surface area contributed by atoms with Crippen molar-refractivity contribution in [2.45, 2.75) is 20.0 Å². The van der Waals surface area contributed by atoms with Crippen LogP contribution in [0.2, 0.25) is 0 Å². The molecule has 0 saturated heterocycles. The summed E-state index contributed by atoms with van der Waals surface area (Å²) in [5.41, 5.74) is 9.31. The number of nitrogens with two attached hydrogens (primary N) is 1. The van der Waals surface area contributed by atoms with E-state index in [9.17, 15) is 4.79 Å². The van der Waals surface area contributed by atoms with Gasteiger partial charge in [-0.3, -0.25) is 9.78 Å². The second-order valence-electron chi connectivity index (χ2n) is 4.39. The van der Waals surface area contributed by atoms with Gasteiger partial charge in [-0.15, -0.1) is 0 Å². The Morgan fingerprint density at radius 1 is 1.26 bits per heavy atom. The number of hydrogen-bond acceptors (Lipinski definition) is 3. The SMILES string of the molecule is Cc1ccncc1CNC(=O)c1ccc(CN)cc1. The molecule has 98 valence electrons. The van der Waals surface area contributed by atoms with Gasteiger partial charge >= 0.3 is 0 Å². The Bertz CT molecular complexity index is 564. The molecule has 0 aliphatic heterocycles. The summed E-state index contributed by atoms with van der Waals surface area (Å²) in [4.78, 5) is 16.0. The number of pyridine rings is 1. The number of carbonyl (C=O) groups excluding carboxylic acids is 1. The Morgan fingerprint density at radius 2 is 2.00 bits per heavy atom. The first kappa shape index (κ1) is 13.2. The number of aryl methyl sites for hydroxylation is 1. The van der Waals surface area contributed by atoms with Crippen molar-refractivity contribution in [2.24, 2.45) is 5.73 Å². The van der Waals surface area contributed by atoms with Crippen LogP contribution in [0.4, 0.5) is 0 Å². The zero-order valence-electron chi connectivity index (χ0n) is 10.9. The minimum atomic E-state index is -0.0909. The van der Waals surface area contributed by atoms with Crippen LogP contribution in [0.25, 0.3) is 0 Å². The van der Waals surface area contributed by atoms with Gasteiger partial charge in [0.1, 0.15) is 0 Å². The second-order valence-corrected chi connectivity index (χ2v) is 4.39. The van der Waals surface area contributed by atoms with Crippen molar-refractivity contribution < 1.29 is 4.79 Å². The molecule has 0 saturated carbocycles. The van der Waals surface area contributed by atoms with Crippen LogP contribution < -0.4 is 11.1 Å². The normalized spacial score (nSPS) is 10.2. The summed E-state index contributed by atoms with van der Waals surface area (Å²) in [6.45, 7) is 2.97. The summed E-state index contributed by atoms with van der Waals surface area (Å²) in [6, 6.07) is 9.23. The van der Waals surface area contributed by atoms with Gasteiger partial charge in [-0.2, -0.15) is 0 Å². The van der Waals surface area contributed by atoms with Gasteiger partial charge in [0.15, 0.2) is 0 Å². The predicted molar refractivity (Wildman–Crippen MR) is 74.5 cm³/mol. The van der Waals surface area contributed by atoms with Crippen molar-refractivity contribution in [3.8, 4) is 0 Å². The highest BCUT2D eigenvalue weighted by Gasteiger charge is 2.05. The molecule has 2 rings (SSSR count). The molecule has 1 amide bonds. The minimum absolute atomic E-state index is 0.0909. The fourth-order valence-corrected chi connectivity index (χ4v) is 1.75. The highest BCUT2D eigenvalue weighted by molar-refractivity contribution is 5.94. The number of nitrogens with one attached hydrogen (secondary N) is 1. The van der Waals surface area contributed by atoms with Crippen molar-refractivity contribution in [1.82, 2.24) is 10.3 Å². The lowest BCUT2D eigenvalue weighted by Crippen LogP contribution is -2.23. The molecule has 4 heteroatoms. The molecule has 0 spiro atoms. The van der Waals surface area contributed by atoms with Gasteiger partial charge in [0.05, 0.1) is 0 Å². The van der Waals surface area contributed by atoms with Gasteiger partial charge in [-0.05, 0) is 41.8 Å². The van der Waals surface area contributed by atoms with E-state index in [0.717, 1.165) is 16.7 Å². The van der Waals surface area contributed by atoms with E-state index in [-0.39, 0.29) is 5.91 Å². The number of carbonyl (C=O) groups is 1. The van der Waals surface area contributed by atoms with Gasteiger partial charge in [0, 0.05) is 31.0 Å². The Morgan fingerprint density at radius 3 is 2.63 bits per heavy atom. The van der Waals surface area contributed by atoms with Crippen LogP contribution in [-0.2, 0) is 13.1 Å². The fourth-order valence-electron chi connectivity index (χ4n) is 1.75. The Balaban J connectivity index is 1.99. The van der Waals surface area contributed by atoms with E-state index in [1.807, 2.05) is 25.1 Å². The molecular weight excluding hydrogens is 238 g/mol. The molecule has 0 aliphatic rings. The molecule has 0 unspecified atom stereocenters. The van der Waals surface area contributed by atoms with Crippen molar-refractivity contribution in [2.75, 3.05) is 0 Å². The lowest BCUT2D eigenvalue weighted by Gasteiger charge is -2.07. The van der Waals surface area contributed by atoms with E-state index in [2.05, 4.69) is 10.3 Å². The van der Waals surface area contributed by atoms with Crippen LogP contribution in [0.3, 0.4) is 0 Å². The molecule has 1 aromatic heterocycles. The first-order valence-electron chi connectivity index (χ1n) is 6.17. The summed E-state index contributed by atoms with van der Waals surface area (Å²) in [5.74, 6) is -0.0909. The van der Waals surface area contributed by atoms with Crippen molar-refractivity contribution in [3.05, 3.63) is 65.0 Å². The van der Waals surface area contributed by atoms with E-state index in [0.29, 0.717) is 18.7 Å².